The lowest BCUT2D eigenvalue weighted by atomic mass is 9.69. The zero-order chi connectivity index (χ0) is 10.6. The fraction of sp³-hybridized carbons (Fsp3) is 0.727. The molecule has 0 aliphatic heterocycles. The Morgan fingerprint density at radius 3 is 2.29 bits per heavy atom. The van der Waals surface area contributed by atoms with E-state index in [1.54, 1.807) is 11.3 Å². The predicted octanol–water partition coefficient (Wildman–Crippen LogP) is 2.49. The van der Waals surface area contributed by atoms with Gasteiger partial charge >= 0.3 is 5.13 Å². The van der Waals surface area contributed by atoms with Crippen LogP contribution in [0.2, 0.25) is 0 Å². The molecule has 1 aromatic rings. The van der Waals surface area contributed by atoms with E-state index < -0.39 is 0 Å². The summed E-state index contributed by atoms with van der Waals surface area (Å²) in [6, 6.07) is 0. The van der Waals surface area contributed by atoms with Gasteiger partial charge in [0, 0.05) is 10.8 Å². The molecule has 78 valence electrons. The first-order chi connectivity index (χ1) is 6.33. The van der Waals surface area contributed by atoms with Crippen molar-refractivity contribution in [3.05, 3.63) is 10.6 Å². The third-order valence-corrected chi connectivity index (χ3v) is 4.64. The van der Waals surface area contributed by atoms with Gasteiger partial charge in [0.05, 0.1) is 4.88 Å². The normalized spacial score (nSPS) is 23.1. The molecule has 0 saturated carbocycles. The lowest BCUT2D eigenvalue weighted by Crippen LogP contribution is -2.36. The van der Waals surface area contributed by atoms with Crippen LogP contribution in [0.3, 0.4) is 0 Å². The molecule has 0 fully saturated rings. The van der Waals surface area contributed by atoms with E-state index in [-0.39, 0.29) is 5.41 Å². The highest BCUT2D eigenvalue weighted by Crippen LogP contribution is 2.46. The summed E-state index contributed by atoms with van der Waals surface area (Å²) in [5.41, 5.74) is 7.78. The molecule has 0 aromatic carbocycles. The second-order valence-electron chi connectivity index (χ2n) is 5.56. The molecule has 0 radical (unpaired) electrons. The molecule has 0 spiro atoms. The summed E-state index contributed by atoms with van der Waals surface area (Å²) < 4.78 is 0. The van der Waals surface area contributed by atoms with E-state index in [4.69, 9.17) is 5.73 Å². The molecular weight excluding hydrogens is 192 g/mol. The largest absolute Gasteiger partial charge is 0.329 e. The van der Waals surface area contributed by atoms with Crippen molar-refractivity contribution in [2.75, 3.05) is 5.73 Å². The molecule has 0 atom stereocenters. The Labute approximate surface area is 89.5 Å². The van der Waals surface area contributed by atoms with Crippen molar-refractivity contribution in [2.45, 2.75) is 51.4 Å². The lowest BCUT2D eigenvalue weighted by Gasteiger charge is -2.36. The number of nitrogens with one attached hydrogen (secondary N) is 1. The van der Waals surface area contributed by atoms with Gasteiger partial charge in [-0.25, -0.2) is 4.98 Å². The van der Waals surface area contributed by atoms with Gasteiger partial charge in [0.25, 0.3) is 0 Å². The number of anilines is 1. The maximum absolute atomic E-state index is 5.86. The molecule has 3 N–H and O–H groups in total. The van der Waals surface area contributed by atoms with Crippen molar-refractivity contribution >= 4 is 16.5 Å². The van der Waals surface area contributed by atoms with Crippen molar-refractivity contribution in [2.24, 2.45) is 0 Å². The van der Waals surface area contributed by atoms with Gasteiger partial charge in [-0.1, -0.05) is 39.0 Å². The molecular formula is C11H19N2S+. The smallest absolute Gasteiger partial charge is 0.278 e. The molecule has 0 amide bonds. The van der Waals surface area contributed by atoms with Gasteiger partial charge in [0.1, 0.15) is 5.69 Å². The number of rotatable bonds is 0. The van der Waals surface area contributed by atoms with Gasteiger partial charge in [0.2, 0.25) is 0 Å². The van der Waals surface area contributed by atoms with Crippen LogP contribution < -0.4 is 10.7 Å². The molecule has 3 heteroatoms. The molecule has 1 aliphatic carbocycles. The van der Waals surface area contributed by atoms with Crippen molar-refractivity contribution in [1.29, 1.82) is 0 Å². The van der Waals surface area contributed by atoms with E-state index in [1.165, 1.54) is 23.4 Å². The first kappa shape index (κ1) is 9.97. The topological polar surface area (TPSA) is 40.2 Å². The standard InChI is InChI=1S/C11H18N2S/c1-10(2)5-6-11(3,4)8-7(10)13-9(12)14-8/h5-6H2,1-4H3,(H2,12,13)/p+1. The number of aromatic nitrogens is 1. The minimum absolute atomic E-state index is 0.263. The average molecular weight is 211 g/mol. The van der Waals surface area contributed by atoms with Crippen LogP contribution in [-0.2, 0) is 10.8 Å². The van der Waals surface area contributed by atoms with E-state index in [0.29, 0.717) is 5.41 Å². The van der Waals surface area contributed by atoms with Gasteiger partial charge in [-0.2, -0.15) is 0 Å². The van der Waals surface area contributed by atoms with E-state index in [9.17, 15) is 0 Å². The van der Waals surface area contributed by atoms with Gasteiger partial charge in [-0.3, -0.25) is 5.73 Å². The van der Waals surface area contributed by atoms with Crippen LogP contribution in [-0.4, -0.2) is 0 Å². The van der Waals surface area contributed by atoms with Crippen molar-refractivity contribution < 1.29 is 4.98 Å². The SMILES string of the molecule is CC1(C)CCC(C)(C)c2sc(N)[nH+]c21. The minimum Gasteiger partial charge on any atom is -0.278 e. The summed E-state index contributed by atoms with van der Waals surface area (Å²) in [5, 5.41) is 0.845. The average Bonchev–Trinajstić information content (AvgIpc) is 2.44. The van der Waals surface area contributed by atoms with Crippen LogP contribution in [0.4, 0.5) is 5.13 Å². The molecule has 2 nitrogen and oxygen atoms in total. The number of thiazole rings is 1. The second kappa shape index (κ2) is 2.72. The Morgan fingerprint density at radius 2 is 1.71 bits per heavy atom. The number of H-pyrrole nitrogens is 1. The van der Waals surface area contributed by atoms with E-state index >= 15 is 0 Å². The summed E-state index contributed by atoms with van der Waals surface area (Å²) >= 11 is 1.72. The van der Waals surface area contributed by atoms with E-state index in [1.807, 2.05) is 0 Å². The Kier molecular flexibility index (Phi) is 1.94. The fourth-order valence-corrected chi connectivity index (χ4v) is 3.36. The summed E-state index contributed by atoms with van der Waals surface area (Å²) in [5.74, 6) is 0. The molecule has 0 bridgehead atoms. The van der Waals surface area contributed by atoms with Gasteiger partial charge in [-0.05, 0) is 12.8 Å². The van der Waals surface area contributed by atoms with Crippen LogP contribution in [0, 0.1) is 0 Å². The highest BCUT2D eigenvalue weighted by molar-refractivity contribution is 7.15. The first-order valence-electron chi connectivity index (χ1n) is 5.15. The van der Waals surface area contributed by atoms with Gasteiger partial charge in [0.15, 0.2) is 0 Å². The lowest BCUT2D eigenvalue weighted by molar-refractivity contribution is -0.376. The monoisotopic (exact) mass is 211 g/mol. The molecule has 1 heterocycles. The molecule has 14 heavy (non-hydrogen) atoms. The molecule has 0 saturated heterocycles. The Morgan fingerprint density at radius 1 is 1.14 bits per heavy atom. The van der Waals surface area contributed by atoms with E-state index in [0.717, 1.165) is 5.13 Å². The number of fused-ring (bicyclic) bond motifs is 1. The van der Waals surface area contributed by atoms with Crippen LogP contribution in [0.5, 0.6) is 0 Å². The number of nitrogens with two attached hydrogens (primary N) is 1. The molecule has 1 aromatic heterocycles. The summed E-state index contributed by atoms with van der Waals surface area (Å²) in [6.07, 6.45) is 2.49. The zero-order valence-electron chi connectivity index (χ0n) is 9.40. The summed E-state index contributed by atoms with van der Waals surface area (Å²) in [4.78, 5) is 4.79. The third-order valence-electron chi connectivity index (χ3n) is 3.35. The maximum Gasteiger partial charge on any atom is 0.329 e. The van der Waals surface area contributed by atoms with Crippen LogP contribution >= 0.6 is 11.3 Å². The number of aromatic amines is 1. The van der Waals surface area contributed by atoms with Crippen molar-refractivity contribution in [1.82, 2.24) is 0 Å². The number of hydrogen-bond acceptors (Lipinski definition) is 2. The number of hydrogen-bond donors (Lipinski definition) is 1. The first-order valence-corrected chi connectivity index (χ1v) is 5.97. The predicted molar refractivity (Wildman–Crippen MR) is 60.6 cm³/mol. The zero-order valence-corrected chi connectivity index (χ0v) is 10.2. The molecule has 1 aliphatic rings. The Hall–Kier alpha value is -0.570. The summed E-state index contributed by atoms with van der Waals surface area (Å²) in [7, 11) is 0. The highest BCUT2D eigenvalue weighted by Gasteiger charge is 2.42. The quantitative estimate of drug-likeness (QED) is 0.703. The Bertz CT molecular complexity index is 330. The van der Waals surface area contributed by atoms with Crippen LogP contribution in [0.1, 0.15) is 51.1 Å². The van der Waals surface area contributed by atoms with Crippen molar-refractivity contribution in [3.63, 3.8) is 0 Å². The van der Waals surface area contributed by atoms with Crippen LogP contribution in [0.25, 0.3) is 0 Å². The summed E-state index contributed by atoms with van der Waals surface area (Å²) in [6.45, 7) is 9.21. The molecule has 2 rings (SSSR count). The Balaban J connectivity index is 2.60. The fourth-order valence-electron chi connectivity index (χ4n) is 2.18. The molecule has 0 unspecified atom stereocenters. The van der Waals surface area contributed by atoms with E-state index in [2.05, 4.69) is 32.7 Å². The van der Waals surface area contributed by atoms with Gasteiger partial charge < -0.3 is 0 Å². The van der Waals surface area contributed by atoms with Crippen LogP contribution in [0.15, 0.2) is 0 Å². The maximum atomic E-state index is 5.86. The van der Waals surface area contributed by atoms with Gasteiger partial charge in [-0.15, -0.1) is 0 Å². The number of nitrogen functional groups attached to an aromatic ring is 1. The second-order valence-corrected chi connectivity index (χ2v) is 6.62. The third kappa shape index (κ3) is 1.34. The minimum atomic E-state index is 0.263. The highest BCUT2D eigenvalue weighted by atomic mass is 32.1. The van der Waals surface area contributed by atoms with Crippen molar-refractivity contribution in [3.8, 4) is 0 Å².